The fourth-order valence-electron chi connectivity index (χ4n) is 2.25. The second kappa shape index (κ2) is 8.30. The molecule has 8 nitrogen and oxygen atoms in total. The van der Waals surface area contributed by atoms with Crippen molar-refractivity contribution in [1.29, 1.82) is 5.26 Å². The molecular weight excluding hydrogens is 344 g/mol. The maximum atomic E-state index is 12.2. The van der Waals surface area contributed by atoms with Crippen LogP contribution >= 0.6 is 11.8 Å². The number of benzene rings is 1. The molecule has 0 saturated carbocycles. The first kappa shape index (κ1) is 18.5. The van der Waals surface area contributed by atoms with Gasteiger partial charge in [0.1, 0.15) is 6.54 Å². The quantitative estimate of drug-likeness (QED) is 0.447. The third kappa shape index (κ3) is 4.16. The van der Waals surface area contributed by atoms with E-state index >= 15 is 0 Å². The summed E-state index contributed by atoms with van der Waals surface area (Å²) in [4.78, 5) is 50.1. The van der Waals surface area contributed by atoms with Gasteiger partial charge in [0.05, 0.1) is 17.5 Å². The number of nitrogens with zero attached hydrogens (tertiary/aromatic N) is 3. The first-order valence-corrected chi connectivity index (χ1v) is 8.54. The summed E-state index contributed by atoms with van der Waals surface area (Å²) in [7, 11) is 0. The molecule has 0 bridgehead atoms. The van der Waals surface area contributed by atoms with Crippen LogP contribution in [0, 0.1) is 11.3 Å². The number of nitrogens with one attached hydrogen (secondary N) is 1. The van der Waals surface area contributed by atoms with Crippen LogP contribution in [0.4, 0.5) is 10.5 Å². The van der Waals surface area contributed by atoms with E-state index in [2.05, 4.69) is 5.32 Å². The first-order valence-electron chi connectivity index (χ1n) is 7.55. The number of thioether (sulfide) groups is 1. The van der Waals surface area contributed by atoms with Crippen molar-refractivity contribution < 1.29 is 19.2 Å². The van der Waals surface area contributed by atoms with Gasteiger partial charge in [-0.1, -0.05) is 19.1 Å². The maximum Gasteiger partial charge on any atom is 0.334 e. The van der Waals surface area contributed by atoms with Crippen molar-refractivity contribution in [2.45, 2.75) is 18.2 Å². The molecule has 130 valence electrons. The summed E-state index contributed by atoms with van der Waals surface area (Å²) in [6.07, 6.45) is 0.522. The number of anilines is 1. The number of hydrogen-bond donors (Lipinski definition) is 1. The highest BCUT2D eigenvalue weighted by molar-refractivity contribution is 7.99. The monoisotopic (exact) mass is 360 g/mol. The predicted octanol–water partition coefficient (Wildman–Crippen LogP) is 1.44. The van der Waals surface area contributed by atoms with Gasteiger partial charge >= 0.3 is 17.8 Å². The van der Waals surface area contributed by atoms with E-state index in [4.69, 9.17) is 5.26 Å². The molecule has 1 aromatic carbocycles. The second-order valence-corrected chi connectivity index (χ2v) is 6.14. The van der Waals surface area contributed by atoms with Crippen LogP contribution in [0.3, 0.4) is 0 Å². The summed E-state index contributed by atoms with van der Waals surface area (Å²) in [5, 5.41) is 11.3. The Balaban J connectivity index is 2.06. The van der Waals surface area contributed by atoms with Gasteiger partial charge < -0.3 is 5.32 Å². The molecule has 0 atom stereocenters. The Morgan fingerprint density at radius 3 is 2.56 bits per heavy atom. The molecule has 0 radical (unpaired) electrons. The Kier molecular flexibility index (Phi) is 6.14. The van der Waals surface area contributed by atoms with Crippen LogP contribution in [0.2, 0.25) is 0 Å². The Bertz CT molecular complexity index is 759. The van der Waals surface area contributed by atoms with Gasteiger partial charge in [-0.15, -0.1) is 11.8 Å². The Hall–Kier alpha value is -2.86. The van der Waals surface area contributed by atoms with Crippen LogP contribution in [-0.4, -0.2) is 52.4 Å². The molecule has 1 aliphatic heterocycles. The van der Waals surface area contributed by atoms with Crippen molar-refractivity contribution in [2.24, 2.45) is 0 Å². The molecule has 1 aromatic rings. The van der Waals surface area contributed by atoms with Gasteiger partial charge in [-0.2, -0.15) is 5.26 Å². The van der Waals surface area contributed by atoms with Crippen molar-refractivity contribution in [3.05, 3.63) is 24.3 Å². The number of urea groups is 1. The molecule has 25 heavy (non-hydrogen) atoms. The Morgan fingerprint density at radius 1 is 1.20 bits per heavy atom. The lowest BCUT2D eigenvalue weighted by atomic mass is 10.3. The van der Waals surface area contributed by atoms with E-state index < -0.39 is 30.3 Å². The predicted molar refractivity (Wildman–Crippen MR) is 90.5 cm³/mol. The number of imide groups is 2. The smallest absolute Gasteiger partial charge is 0.324 e. The van der Waals surface area contributed by atoms with E-state index in [9.17, 15) is 19.2 Å². The Labute approximate surface area is 148 Å². The zero-order chi connectivity index (χ0) is 18.4. The van der Waals surface area contributed by atoms with Crippen LogP contribution in [0.5, 0.6) is 0 Å². The van der Waals surface area contributed by atoms with Crippen molar-refractivity contribution in [2.75, 3.05) is 24.2 Å². The molecule has 1 saturated heterocycles. The standard InChI is InChI=1S/C16H16N4O4S/c1-2-8-19-14(22)15(23)20(16(19)24)10-13(21)18-11-5-3-4-6-12(11)25-9-7-17/h3-6H,2,8-10H2,1H3,(H,18,21). The molecule has 0 aliphatic carbocycles. The van der Waals surface area contributed by atoms with Gasteiger partial charge in [0.2, 0.25) is 5.91 Å². The molecule has 0 unspecified atom stereocenters. The lowest BCUT2D eigenvalue weighted by molar-refractivity contribution is -0.143. The number of amides is 5. The highest BCUT2D eigenvalue weighted by Crippen LogP contribution is 2.26. The van der Waals surface area contributed by atoms with Crippen molar-refractivity contribution in [3.8, 4) is 6.07 Å². The van der Waals surface area contributed by atoms with E-state index in [-0.39, 0.29) is 12.3 Å². The fraction of sp³-hybridized carbons (Fsp3) is 0.312. The molecule has 1 N–H and O–H groups in total. The maximum absolute atomic E-state index is 12.2. The van der Waals surface area contributed by atoms with E-state index in [0.29, 0.717) is 21.9 Å². The molecule has 1 aliphatic rings. The van der Waals surface area contributed by atoms with Crippen LogP contribution < -0.4 is 5.32 Å². The van der Waals surface area contributed by atoms with Crippen LogP contribution in [0.15, 0.2) is 29.2 Å². The summed E-state index contributed by atoms with van der Waals surface area (Å²) in [5.74, 6) is -2.29. The topological polar surface area (TPSA) is 111 Å². The minimum atomic E-state index is -0.999. The van der Waals surface area contributed by atoms with Gasteiger partial charge in [-0.05, 0) is 18.6 Å². The van der Waals surface area contributed by atoms with Crippen molar-refractivity contribution in [3.63, 3.8) is 0 Å². The summed E-state index contributed by atoms with van der Waals surface area (Å²) < 4.78 is 0. The van der Waals surface area contributed by atoms with Crippen molar-refractivity contribution >= 4 is 41.2 Å². The summed E-state index contributed by atoms with van der Waals surface area (Å²) in [5.41, 5.74) is 0.476. The average Bonchev–Trinajstić information content (AvgIpc) is 2.79. The van der Waals surface area contributed by atoms with E-state index in [1.165, 1.54) is 11.8 Å². The van der Waals surface area contributed by atoms with E-state index in [1.807, 2.05) is 6.07 Å². The highest BCUT2D eigenvalue weighted by atomic mass is 32.2. The largest absolute Gasteiger partial charge is 0.334 e. The fourth-order valence-corrected chi connectivity index (χ4v) is 2.92. The average molecular weight is 360 g/mol. The van der Waals surface area contributed by atoms with Gasteiger partial charge in [-0.3, -0.25) is 19.3 Å². The molecule has 1 fully saturated rings. The van der Waals surface area contributed by atoms with Crippen LogP contribution in [0.25, 0.3) is 0 Å². The highest BCUT2D eigenvalue weighted by Gasteiger charge is 2.44. The lowest BCUT2D eigenvalue weighted by Crippen LogP contribution is -2.39. The van der Waals surface area contributed by atoms with E-state index in [1.54, 1.807) is 31.2 Å². The lowest BCUT2D eigenvalue weighted by Gasteiger charge is -2.15. The van der Waals surface area contributed by atoms with Crippen molar-refractivity contribution in [1.82, 2.24) is 9.80 Å². The number of rotatable bonds is 7. The number of hydrogen-bond acceptors (Lipinski definition) is 6. The zero-order valence-electron chi connectivity index (χ0n) is 13.5. The summed E-state index contributed by atoms with van der Waals surface area (Å²) >= 11 is 1.25. The van der Waals surface area contributed by atoms with Crippen LogP contribution in [0.1, 0.15) is 13.3 Å². The number of para-hydroxylation sites is 1. The van der Waals surface area contributed by atoms with Gasteiger partial charge in [0, 0.05) is 11.4 Å². The molecule has 9 heteroatoms. The molecule has 0 spiro atoms. The van der Waals surface area contributed by atoms with Gasteiger partial charge in [-0.25, -0.2) is 9.69 Å². The van der Waals surface area contributed by atoms with Crippen LogP contribution in [-0.2, 0) is 14.4 Å². The summed E-state index contributed by atoms with van der Waals surface area (Å²) in [6.45, 7) is 1.37. The van der Waals surface area contributed by atoms with Gasteiger partial charge in [0.25, 0.3) is 0 Å². The minimum absolute atomic E-state index is 0.134. The normalized spacial score (nSPS) is 14.0. The molecule has 0 aromatic heterocycles. The first-order chi connectivity index (χ1) is 12.0. The number of nitriles is 1. The Morgan fingerprint density at radius 2 is 1.88 bits per heavy atom. The third-order valence-electron chi connectivity index (χ3n) is 3.34. The minimum Gasteiger partial charge on any atom is -0.324 e. The number of carbonyl (C=O) groups excluding carboxylic acids is 4. The number of carbonyl (C=O) groups is 4. The third-order valence-corrected chi connectivity index (χ3v) is 4.28. The summed E-state index contributed by atoms with van der Waals surface area (Å²) in [6, 6.07) is 8.10. The van der Waals surface area contributed by atoms with Gasteiger partial charge in [0.15, 0.2) is 0 Å². The second-order valence-electron chi connectivity index (χ2n) is 5.12. The molecule has 5 amide bonds. The molecule has 1 heterocycles. The SMILES string of the molecule is CCCN1C(=O)C(=O)N(CC(=O)Nc2ccccc2SCC#N)C1=O. The van der Waals surface area contributed by atoms with E-state index in [0.717, 1.165) is 4.90 Å². The molecular formula is C16H16N4O4S. The zero-order valence-corrected chi connectivity index (χ0v) is 14.3. The molecule has 2 rings (SSSR count).